The Hall–Kier alpha value is -1.10. The first-order valence-corrected chi connectivity index (χ1v) is 4.75. The van der Waals surface area contributed by atoms with Crippen LogP contribution in [0.5, 0.6) is 0 Å². The first kappa shape index (κ1) is 8.50. The van der Waals surface area contributed by atoms with E-state index < -0.39 is 0 Å². The predicted molar refractivity (Wildman–Crippen MR) is 52.0 cm³/mol. The molecule has 0 aliphatic carbocycles. The van der Waals surface area contributed by atoms with Crippen molar-refractivity contribution in [3.63, 3.8) is 0 Å². The number of hydrogen-bond donors (Lipinski definition) is 0. The summed E-state index contributed by atoms with van der Waals surface area (Å²) in [7, 11) is 1.56. The number of methoxy groups -OCH3 is 1. The van der Waals surface area contributed by atoms with Crippen LogP contribution >= 0.6 is 11.8 Å². The van der Waals surface area contributed by atoms with Gasteiger partial charge < -0.3 is 4.74 Å². The Morgan fingerprint density at radius 2 is 2.54 bits per heavy atom. The van der Waals surface area contributed by atoms with Crippen LogP contribution in [0.1, 0.15) is 0 Å². The van der Waals surface area contributed by atoms with E-state index in [2.05, 4.69) is 9.98 Å². The maximum atomic E-state index is 10.7. The third kappa shape index (κ3) is 1.29. The lowest BCUT2D eigenvalue weighted by Crippen LogP contribution is -2.28. The Morgan fingerprint density at radius 1 is 1.69 bits per heavy atom. The molecule has 0 saturated heterocycles. The summed E-state index contributed by atoms with van der Waals surface area (Å²) in [6.07, 6.45) is 2.32. The quantitative estimate of drug-likeness (QED) is 0.584. The second-order valence-electron chi connectivity index (χ2n) is 2.68. The van der Waals surface area contributed by atoms with Crippen molar-refractivity contribution in [2.75, 3.05) is 7.11 Å². The molecule has 0 amide bonds. The van der Waals surface area contributed by atoms with Crippen molar-refractivity contribution in [2.24, 2.45) is 15.9 Å². The summed E-state index contributed by atoms with van der Waals surface area (Å²) >= 11 is 1.53. The lowest BCUT2D eigenvalue weighted by atomic mass is 10.0. The normalized spacial score (nSPS) is 30.5. The van der Waals surface area contributed by atoms with Crippen LogP contribution in [0.4, 0.5) is 0 Å². The van der Waals surface area contributed by atoms with E-state index in [0.717, 1.165) is 6.29 Å². The highest BCUT2D eigenvalue weighted by molar-refractivity contribution is 8.03. The molecule has 2 rings (SSSR count). The number of thioether (sulfide) groups is 1. The van der Waals surface area contributed by atoms with Crippen LogP contribution in [0.3, 0.4) is 0 Å². The molecule has 2 aliphatic heterocycles. The van der Waals surface area contributed by atoms with Gasteiger partial charge in [0, 0.05) is 5.57 Å². The Kier molecular flexibility index (Phi) is 2.18. The van der Waals surface area contributed by atoms with E-state index in [1.54, 1.807) is 7.11 Å². The van der Waals surface area contributed by atoms with Gasteiger partial charge in [0.15, 0.2) is 5.90 Å². The number of carbonyl (C=O) groups excluding carboxylic acids is 1. The summed E-state index contributed by atoms with van der Waals surface area (Å²) in [5.74, 6) is 0.487. The molecule has 0 aromatic rings. The van der Waals surface area contributed by atoms with Gasteiger partial charge in [-0.05, 0) is 5.41 Å². The van der Waals surface area contributed by atoms with Crippen molar-refractivity contribution in [2.45, 2.75) is 5.37 Å². The summed E-state index contributed by atoms with van der Waals surface area (Å²) in [5.41, 5.74) is 0.701. The molecule has 0 N–H and O–H groups in total. The molecule has 0 aromatic carbocycles. The number of ether oxygens (including phenoxy) is 1. The van der Waals surface area contributed by atoms with E-state index in [1.165, 1.54) is 18.1 Å². The maximum absolute atomic E-state index is 10.7. The van der Waals surface area contributed by atoms with Crippen molar-refractivity contribution >= 4 is 30.3 Å². The Balaban J connectivity index is 2.31. The number of nitrogens with zero attached hydrogens (tertiary/aromatic N) is 2. The minimum Gasteiger partial charge on any atom is -0.484 e. The largest absolute Gasteiger partial charge is 0.484 e. The smallest absolute Gasteiger partial charge is 0.200 e. The number of aliphatic imine (C=N–C) groups is 2. The second-order valence-corrected chi connectivity index (χ2v) is 3.67. The van der Waals surface area contributed by atoms with Crippen molar-refractivity contribution in [3.8, 4) is 0 Å². The van der Waals surface area contributed by atoms with E-state index in [4.69, 9.17) is 4.74 Å². The number of hydrogen-bond acceptors (Lipinski definition) is 5. The van der Waals surface area contributed by atoms with Gasteiger partial charge in [-0.15, -0.1) is 11.8 Å². The minimum atomic E-state index is -0.0856. The standard InChI is InChI=1S/C8H8N2O2S/c1-12-7-6-5(2-11)3-13-8(6)10-4-9-7/h2-4,6,8H,1H3. The summed E-state index contributed by atoms with van der Waals surface area (Å²) in [6.45, 7) is 0. The van der Waals surface area contributed by atoms with Gasteiger partial charge in [0.25, 0.3) is 0 Å². The molecule has 2 atom stereocenters. The molecule has 2 unspecified atom stereocenters. The molecule has 2 heterocycles. The Bertz CT molecular complexity index is 322. The van der Waals surface area contributed by atoms with E-state index >= 15 is 0 Å². The van der Waals surface area contributed by atoms with Gasteiger partial charge in [-0.1, -0.05) is 0 Å². The summed E-state index contributed by atoms with van der Waals surface area (Å²) in [5, 5.41) is 1.85. The third-order valence-corrected chi connectivity index (χ3v) is 3.08. The first-order chi connectivity index (χ1) is 6.36. The topological polar surface area (TPSA) is 51.0 Å². The van der Waals surface area contributed by atoms with Crippen LogP contribution in [-0.2, 0) is 9.53 Å². The van der Waals surface area contributed by atoms with E-state index in [9.17, 15) is 4.79 Å². The molecular weight excluding hydrogens is 188 g/mol. The van der Waals surface area contributed by atoms with Crippen LogP contribution < -0.4 is 0 Å². The van der Waals surface area contributed by atoms with Crippen molar-refractivity contribution in [3.05, 3.63) is 11.0 Å². The van der Waals surface area contributed by atoms with Crippen LogP contribution in [0.25, 0.3) is 0 Å². The van der Waals surface area contributed by atoms with Crippen molar-refractivity contribution in [1.82, 2.24) is 0 Å². The summed E-state index contributed by atoms with van der Waals surface area (Å²) < 4.78 is 5.08. The zero-order valence-corrected chi connectivity index (χ0v) is 7.82. The molecule has 0 saturated carbocycles. The van der Waals surface area contributed by atoms with Gasteiger partial charge in [-0.25, -0.2) is 4.99 Å². The Labute approximate surface area is 79.8 Å². The monoisotopic (exact) mass is 196 g/mol. The summed E-state index contributed by atoms with van der Waals surface area (Å²) in [4.78, 5) is 18.8. The van der Waals surface area contributed by atoms with Gasteiger partial charge >= 0.3 is 0 Å². The molecule has 2 aliphatic rings. The highest BCUT2D eigenvalue weighted by atomic mass is 32.2. The highest BCUT2D eigenvalue weighted by Crippen LogP contribution is 2.37. The molecule has 0 radical (unpaired) electrons. The lowest BCUT2D eigenvalue weighted by Gasteiger charge is -2.19. The van der Waals surface area contributed by atoms with Crippen LogP contribution in [0.15, 0.2) is 21.0 Å². The fraction of sp³-hybridized carbons (Fsp3) is 0.375. The van der Waals surface area contributed by atoms with Crippen LogP contribution in [0.2, 0.25) is 0 Å². The minimum absolute atomic E-state index is 0.0349. The predicted octanol–water partition coefficient (Wildman–Crippen LogP) is 0.845. The van der Waals surface area contributed by atoms with Gasteiger partial charge in [-0.2, -0.15) is 0 Å². The van der Waals surface area contributed by atoms with E-state index in [0.29, 0.717) is 11.5 Å². The first-order valence-electron chi connectivity index (χ1n) is 3.81. The SMILES string of the molecule is COC1=NC=NC2SC=C(C=O)C12. The van der Waals surface area contributed by atoms with E-state index in [-0.39, 0.29) is 11.3 Å². The average molecular weight is 196 g/mol. The lowest BCUT2D eigenvalue weighted by molar-refractivity contribution is -0.105. The van der Waals surface area contributed by atoms with Gasteiger partial charge in [0.2, 0.25) is 0 Å². The number of fused-ring (bicyclic) bond motifs is 1. The molecule has 5 heteroatoms. The fourth-order valence-electron chi connectivity index (χ4n) is 1.37. The summed E-state index contributed by atoms with van der Waals surface area (Å²) in [6, 6.07) is 0. The molecule has 0 aromatic heterocycles. The zero-order chi connectivity index (χ0) is 9.26. The zero-order valence-electron chi connectivity index (χ0n) is 7.01. The van der Waals surface area contributed by atoms with Gasteiger partial charge in [0.05, 0.1) is 13.0 Å². The highest BCUT2D eigenvalue weighted by Gasteiger charge is 2.36. The molecule has 0 bridgehead atoms. The van der Waals surface area contributed by atoms with E-state index in [1.807, 2.05) is 5.41 Å². The molecule has 0 spiro atoms. The third-order valence-electron chi connectivity index (χ3n) is 2.00. The molecule has 0 fully saturated rings. The molecule has 13 heavy (non-hydrogen) atoms. The second kappa shape index (κ2) is 3.33. The van der Waals surface area contributed by atoms with Crippen LogP contribution in [-0.4, -0.2) is 31.0 Å². The molecule has 68 valence electrons. The van der Waals surface area contributed by atoms with Gasteiger partial charge in [-0.3, -0.25) is 9.79 Å². The molecular formula is C8H8N2O2S. The fourth-order valence-corrected chi connectivity index (χ4v) is 2.42. The number of rotatable bonds is 1. The van der Waals surface area contributed by atoms with Gasteiger partial charge in [0.1, 0.15) is 18.0 Å². The molecule has 4 nitrogen and oxygen atoms in total. The van der Waals surface area contributed by atoms with Crippen LogP contribution in [0, 0.1) is 5.92 Å². The Morgan fingerprint density at radius 3 is 3.23 bits per heavy atom. The number of carbonyl (C=O) groups is 1. The van der Waals surface area contributed by atoms with Crippen molar-refractivity contribution < 1.29 is 9.53 Å². The van der Waals surface area contributed by atoms with Crippen molar-refractivity contribution in [1.29, 1.82) is 0 Å². The average Bonchev–Trinajstić information content (AvgIpc) is 2.60. The maximum Gasteiger partial charge on any atom is 0.200 e. The number of aldehydes is 1.